The van der Waals surface area contributed by atoms with Gasteiger partial charge < -0.3 is 15.2 Å². The molecule has 2 N–H and O–H groups in total. The Morgan fingerprint density at radius 3 is 2.44 bits per heavy atom. The van der Waals surface area contributed by atoms with Gasteiger partial charge in [-0.2, -0.15) is 0 Å². The molecule has 18 heavy (non-hydrogen) atoms. The highest BCUT2D eigenvalue weighted by molar-refractivity contribution is 6.03. The van der Waals surface area contributed by atoms with Crippen molar-refractivity contribution in [1.29, 1.82) is 0 Å². The second kappa shape index (κ2) is 6.05. The molecule has 0 bridgehead atoms. The average molecular weight is 251 g/mol. The number of amides is 1. The first-order valence-corrected chi connectivity index (χ1v) is 5.78. The zero-order valence-corrected chi connectivity index (χ0v) is 10.7. The quantitative estimate of drug-likeness (QED) is 0.622. The number of nitrogens with one attached hydrogen (secondary N) is 1. The third-order valence-corrected chi connectivity index (χ3v) is 2.57. The molecule has 0 atom stereocenters. The Balaban J connectivity index is 3.26. The summed E-state index contributed by atoms with van der Waals surface area (Å²) >= 11 is 0. The number of hydrogen-bond acceptors (Lipinski definition) is 4. The van der Waals surface area contributed by atoms with Crippen LogP contribution in [0.15, 0.2) is 12.1 Å². The molecule has 0 saturated heterocycles. The van der Waals surface area contributed by atoms with Gasteiger partial charge in [0.25, 0.3) is 0 Å². The average Bonchev–Trinajstić information content (AvgIpc) is 2.39. The lowest BCUT2D eigenvalue weighted by atomic mass is 10.1. The van der Waals surface area contributed by atoms with Crippen molar-refractivity contribution >= 4 is 17.4 Å². The Morgan fingerprint density at radius 1 is 1.28 bits per heavy atom. The SMILES string of the molecule is CCC(=O)Nc1c(OC)ccc(C(=O)CC)c1O. The second-order valence-electron chi connectivity index (χ2n) is 3.72. The van der Waals surface area contributed by atoms with Crippen LogP contribution >= 0.6 is 0 Å². The first kappa shape index (κ1) is 14.0. The van der Waals surface area contributed by atoms with Gasteiger partial charge in [0.15, 0.2) is 11.5 Å². The smallest absolute Gasteiger partial charge is 0.224 e. The number of ether oxygens (including phenoxy) is 1. The third kappa shape index (κ3) is 2.80. The minimum absolute atomic E-state index is 0.142. The van der Waals surface area contributed by atoms with E-state index in [1.807, 2.05) is 0 Å². The molecule has 0 heterocycles. The maximum absolute atomic E-state index is 11.6. The van der Waals surface area contributed by atoms with Crippen LogP contribution in [0.5, 0.6) is 11.5 Å². The highest BCUT2D eigenvalue weighted by Gasteiger charge is 2.18. The molecule has 1 amide bonds. The largest absolute Gasteiger partial charge is 0.505 e. The van der Waals surface area contributed by atoms with Gasteiger partial charge in [-0.15, -0.1) is 0 Å². The van der Waals surface area contributed by atoms with E-state index in [2.05, 4.69) is 5.32 Å². The summed E-state index contributed by atoms with van der Waals surface area (Å²) in [5.74, 6) is -0.378. The minimum atomic E-state index is -0.260. The van der Waals surface area contributed by atoms with Crippen LogP contribution in [-0.2, 0) is 4.79 Å². The van der Waals surface area contributed by atoms with Crippen molar-refractivity contribution in [2.45, 2.75) is 26.7 Å². The summed E-state index contributed by atoms with van der Waals surface area (Å²) in [6.45, 7) is 3.40. The predicted octanol–water partition coefficient (Wildman–Crippen LogP) is 2.34. The Labute approximate surface area is 106 Å². The van der Waals surface area contributed by atoms with Gasteiger partial charge in [-0.05, 0) is 12.1 Å². The van der Waals surface area contributed by atoms with Gasteiger partial charge in [0.05, 0.1) is 12.7 Å². The fourth-order valence-electron chi connectivity index (χ4n) is 1.51. The zero-order chi connectivity index (χ0) is 13.7. The molecule has 1 aromatic carbocycles. The number of carbonyl (C=O) groups is 2. The van der Waals surface area contributed by atoms with Crippen LogP contribution < -0.4 is 10.1 Å². The third-order valence-electron chi connectivity index (χ3n) is 2.57. The summed E-state index contributed by atoms with van der Waals surface area (Å²) in [4.78, 5) is 23.0. The number of hydrogen-bond donors (Lipinski definition) is 2. The molecule has 0 aliphatic carbocycles. The molecule has 0 saturated carbocycles. The molecule has 0 radical (unpaired) electrons. The highest BCUT2D eigenvalue weighted by Crippen LogP contribution is 2.37. The van der Waals surface area contributed by atoms with Gasteiger partial charge >= 0.3 is 0 Å². The summed E-state index contributed by atoms with van der Waals surface area (Å²) in [6, 6.07) is 3.04. The van der Waals surface area contributed by atoms with Crippen LogP contribution in [0.4, 0.5) is 5.69 Å². The number of methoxy groups -OCH3 is 1. The molecule has 0 fully saturated rings. The summed E-state index contributed by atoms with van der Waals surface area (Å²) < 4.78 is 5.05. The Hall–Kier alpha value is -2.04. The molecule has 0 unspecified atom stereocenters. The summed E-state index contributed by atoms with van der Waals surface area (Å²) in [5.41, 5.74) is 0.327. The van der Waals surface area contributed by atoms with E-state index in [-0.39, 0.29) is 41.5 Å². The molecule has 1 aromatic rings. The van der Waals surface area contributed by atoms with Crippen molar-refractivity contribution in [1.82, 2.24) is 0 Å². The number of aromatic hydroxyl groups is 1. The lowest BCUT2D eigenvalue weighted by molar-refractivity contribution is -0.115. The Kier molecular flexibility index (Phi) is 4.71. The first-order chi connectivity index (χ1) is 8.54. The van der Waals surface area contributed by atoms with Crippen LogP contribution in [-0.4, -0.2) is 23.9 Å². The number of benzene rings is 1. The van der Waals surface area contributed by atoms with Gasteiger partial charge in [-0.1, -0.05) is 13.8 Å². The maximum atomic E-state index is 11.6. The fraction of sp³-hybridized carbons (Fsp3) is 0.385. The number of Topliss-reactive ketones (excluding diaryl/α,β-unsaturated/α-hetero) is 1. The molecular weight excluding hydrogens is 234 g/mol. The topological polar surface area (TPSA) is 75.6 Å². The van der Waals surface area contributed by atoms with E-state index in [0.717, 1.165) is 0 Å². The van der Waals surface area contributed by atoms with Crippen molar-refractivity contribution in [2.24, 2.45) is 0 Å². The molecule has 5 nitrogen and oxygen atoms in total. The van der Waals surface area contributed by atoms with Crippen molar-refractivity contribution in [3.8, 4) is 11.5 Å². The normalized spacial score (nSPS) is 9.94. The Morgan fingerprint density at radius 2 is 1.94 bits per heavy atom. The van der Waals surface area contributed by atoms with E-state index < -0.39 is 0 Å². The van der Waals surface area contributed by atoms with Gasteiger partial charge in [-0.3, -0.25) is 9.59 Å². The molecule has 0 aliphatic rings. The summed E-state index contributed by atoms with van der Waals surface area (Å²) in [6.07, 6.45) is 0.551. The molecule has 5 heteroatoms. The lowest BCUT2D eigenvalue weighted by Crippen LogP contribution is -2.12. The van der Waals surface area contributed by atoms with Crippen molar-refractivity contribution in [2.75, 3.05) is 12.4 Å². The molecule has 1 rings (SSSR count). The number of rotatable bonds is 5. The summed E-state index contributed by atoms with van der Waals surface area (Å²) in [5, 5.41) is 12.6. The molecule has 0 aromatic heterocycles. The van der Waals surface area contributed by atoms with Crippen LogP contribution in [0.3, 0.4) is 0 Å². The minimum Gasteiger partial charge on any atom is -0.505 e. The van der Waals surface area contributed by atoms with Gasteiger partial charge in [0.1, 0.15) is 11.4 Å². The lowest BCUT2D eigenvalue weighted by Gasteiger charge is -2.13. The highest BCUT2D eigenvalue weighted by atomic mass is 16.5. The van der Waals surface area contributed by atoms with Crippen molar-refractivity contribution in [3.63, 3.8) is 0 Å². The summed E-state index contributed by atoms with van der Waals surface area (Å²) in [7, 11) is 1.43. The maximum Gasteiger partial charge on any atom is 0.224 e. The standard InChI is InChI=1S/C13H17NO4/c1-4-9(15)8-6-7-10(18-3)12(13(8)17)14-11(16)5-2/h6-7,17H,4-5H2,1-3H3,(H,14,16). The molecule has 0 spiro atoms. The number of carbonyl (C=O) groups excluding carboxylic acids is 2. The van der Waals surface area contributed by atoms with E-state index in [1.54, 1.807) is 19.9 Å². The number of ketones is 1. The van der Waals surface area contributed by atoms with Crippen molar-refractivity contribution < 1.29 is 19.4 Å². The van der Waals surface area contributed by atoms with E-state index in [0.29, 0.717) is 5.75 Å². The van der Waals surface area contributed by atoms with Crippen LogP contribution in [0.1, 0.15) is 37.0 Å². The van der Waals surface area contributed by atoms with Gasteiger partial charge in [-0.25, -0.2) is 0 Å². The van der Waals surface area contributed by atoms with E-state index in [1.165, 1.54) is 13.2 Å². The van der Waals surface area contributed by atoms with Crippen LogP contribution in [0, 0.1) is 0 Å². The van der Waals surface area contributed by atoms with Crippen LogP contribution in [0.2, 0.25) is 0 Å². The van der Waals surface area contributed by atoms with E-state index in [9.17, 15) is 14.7 Å². The number of phenols is 1. The fourth-order valence-corrected chi connectivity index (χ4v) is 1.51. The molecular formula is C13H17NO4. The Bertz CT molecular complexity index is 468. The molecule has 0 aliphatic heterocycles. The van der Waals surface area contributed by atoms with Crippen LogP contribution in [0.25, 0.3) is 0 Å². The first-order valence-electron chi connectivity index (χ1n) is 5.78. The number of anilines is 1. The second-order valence-corrected chi connectivity index (χ2v) is 3.72. The van der Waals surface area contributed by atoms with Crippen molar-refractivity contribution in [3.05, 3.63) is 17.7 Å². The van der Waals surface area contributed by atoms with E-state index >= 15 is 0 Å². The zero-order valence-electron chi connectivity index (χ0n) is 10.7. The number of phenolic OH excluding ortho intramolecular Hbond substituents is 1. The van der Waals surface area contributed by atoms with Gasteiger partial charge in [0, 0.05) is 12.8 Å². The predicted molar refractivity (Wildman–Crippen MR) is 68.2 cm³/mol. The van der Waals surface area contributed by atoms with Gasteiger partial charge in [0.2, 0.25) is 5.91 Å². The van der Waals surface area contributed by atoms with E-state index in [4.69, 9.17) is 4.74 Å². The monoisotopic (exact) mass is 251 g/mol. The molecule has 98 valence electrons.